The second-order valence-corrected chi connectivity index (χ2v) is 5.19. The Hall–Kier alpha value is -1.35. The molecule has 0 radical (unpaired) electrons. The maximum Gasteiger partial charge on any atom is 0.251 e. The third kappa shape index (κ3) is 6.71. The quantitative estimate of drug-likeness (QED) is 0.645. The van der Waals surface area contributed by atoms with Gasteiger partial charge in [0.2, 0.25) is 0 Å². The third-order valence-electron chi connectivity index (χ3n) is 3.41. The summed E-state index contributed by atoms with van der Waals surface area (Å²) >= 11 is 0. The monoisotopic (exact) mass is 277 g/mol. The first kappa shape index (κ1) is 16.7. The van der Waals surface area contributed by atoms with E-state index in [1.807, 2.05) is 24.3 Å². The maximum absolute atomic E-state index is 11.8. The van der Waals surface area contributed by atoms with Crippen molar-refractivity contribution in [1.82, 2.24) is 5.32 Å². The Morgan fingerprint density at radius 3 is 2.40 bits per heavy atom. The number of hydrogen-bond acceptors (Lipinski definition) is 2. The van der Waals surface area contributed by atoms with E-state index in [1.165, 1.54) is 37.7 Å². The number of carbonyl (C=O) groups is 1. The summed E-state index contributed by atoms with van der Waals surface area (Å²) in [6.45, 7) is 2.86. The number of aliphatic hydroxyl groups is 1. The van der Waals surface area contributed by atoms with Gasteiger partial charge in [0, 0.05) is 18.7 Å². The standard InChI is InChI=1S/C17H27NO2/c1-2-3-4-5-6-8-15-9-11-16(12-10-15)17(20)18-13-7-14-19/h9-12,19H,2-8,13-14H2,1H3,(H,18,20). The van der Waals surface area contributed by atoms with Gasteiger partial charge in [-0.1, -0.05) is 44.7 Å². The van der Waals surface area contributed by atoms with E-state index in [2.05, 4.69) is 12.2 Å². The Balaban J connectivity index is 2.30. The number of benzene rings is 1. The van der Waals surface area contributed by atoms with Crippen LogP contribution in [0.4, 0.5) is 0 Å². The molecule has 0 saturated heterocycles. The lowest BCUT2D eigenvalue weighted by Gasteiger charge is -2.06. The van der Waals surface area contributed by atoms with Crippen LogP contribution < -0.4 is 5.32 Å². The molecule has 0 fully saturated rings. The molecule has 1 aromatic rings. The summed E-state index contributed by atoms with van der Waals surface area (Å²) in [6, 6.07) is 7.85. The Labute approximate surface area is 122 Å². The molecule has 1 rings (SSSR count). The Bertz CT molecular complexity index is 373. The highest BCUT2D eigenvalue weighted by Gasteiger charge is 2.04. The highest BCUT2D eigenvalue weighted by Crippen LogP contribution is 2.10. The average Bonchev–Trinajstić information content (AvgIpc) is 2.48. The van der Waals surface area contributed by atoms with Gasteiger partial charge in [0.05, 0.1) is 0 Å². The van der Waals surface area contributed by atoms with Gasteiger partial charge in [-0.3, -0.25) is 4.79 Å². The molecule has 0 spiro atoms. The molecule has 0 unspecified atom stereocenters. The van der Waals surface area contributed by atoms with Crippen LogP contribution in [-0.2, 0) is 6.42 Å². The molecule has 0 aliphatic rings. The highest BCUT2D eigenvalue weighted by molar-refractivity contribution is 5.94. The van der Waals surface area contributed by atoms with Crippen LogP contribution >= 0.6 is 0 Å². The Morgan fingerprint density at radius 2 is 1.75 bits per heavy atom. The molecule has 0 aliphatic carbocycles. The van der Waals surface area contributed by atoms with Crippen molar-refractivity contribution in [3.63, 3.8) is 0 Å². The molecule has 0 aromatic heterocycles. The van der Waals surface area contributed by atoms with Crippen LogP contribution in [0.2, 0.25) is 0 Å². The first-order chi connectivity index (χ1) is 9.77. The number of aryl methyl sites for hydroxylation is 1. The van der Waals surface area contributed by atoms with Gasteiger partial charge < -0.3 is 10.4 Å². The van der Waals surface area contributed by atoms with Crippen molar-refractivity contribution in [2.75, 3.05) is 13.2 Å². The van der Waals surface area contributed by atoms with Gasteiger partial charge in [0.1, 0.15) is 0 Å². The number of hydrogen-bond donors (Lipinski definition) is 2. The lowest BCUT2D eigenvalue weighted by atomic mass is 10.0. The van der Waals surface area contributed by atoms with Gasteiger partial charge in [-0.15, -0.1) is 0 Å². The topological polar surface area (TPSA) is 49.3 Å². The normalized spacial score (nSPS) is 10.5. The zero-order valence-corrected chi connectivity index (χ0v) is 12.5. The number of nitrogens with one attached hydrogen (secondary N) is 1. The van der Waals surface area contributed by atoms with Crippen LogP contribution in [-0.4, -0.2) is 24.2 Å². The number of aliphatic hydroxyl groups excluding tert-OH is 1. The molecule has 2 N–H and O–H groups in total. The number of unbranched alkanes of at least 4 members (excludes halogenated alkanes) is 4. The van der Waals surface area contributed by atoms with Gasteiger partial charge in [-0.2, -0.15) is 0 Å². The van der Waals surface area contributed by atoms with Gasteiger partial charge in [0.15, 0.2) is 0 Å². The zero-order chi connectivity index (χ0) is 14.6. The SMILES string of the molecule is CCCCCCCc1ccc(C(=O)NCCCO)cc1. The molecule has 0 bridgehead atoms. The smallest absolute Gasteiger partial charge is 0.251 e. The van der Waals surface area contributed by atoms with Crippen LogP contribution in [0, 0.1) is 0 Å². The lowest BCUT2D eigenvalue weighted by Crippen LogP contribution is -2.24. The predicted octanol–water partition coefficient (Wildman–Crippen LogP) is 3.31. The predicted molar refractivity (Wildman–Crippen MR) is 82.9 cm³/mol. The van der Waals surface area contributed by atoms with E-state index in [1.54, 1.807) is 0 Å². The highest BCUT2D eigenvalue weighted by atomic mass is 16.3. The maximum atomic E-state index is 11.8. The zero-order valence-electron chi connectivity index (χ0n) is 12.5. The molecule has 3 nitrogen and oxygen atoms in total. The first-order valence-electron chi connectivity index (χ1n) is 7.76. The molecule has 1 amide bonds. The summed E-state index contributed by atoms with van der Waals surface area (Å²) in [4.78, 5) is 11.8. The van der Waals surface area contributed by atoms with Crippen LogP contribution in [0.3, 0.4) is 0 Å². The van der Waals surface area contributed by atoms with Crippen molar-refractivity contribution in [2.45, 2.75) is 51.9 Å². The van der Waals surface area contributed by atoms with Crippen molar-refractivity contribution >= 4 is 5.91 Å². The van der Waals surface area contributed by atoms with Crippen LogP contribution in [0.1, 0.15) is 61.4 Å². The van der Waals surface area contributed by atoms with Gasteiger partial charge in [-0.25, -0.2) is 0 Å². The van der Waals surface area contributed by atoms with Crippen LogP contribution in [0.25, 0.3) is 0 Å². The first-order valence-corrected chi connectivity index (χ1v) is 7.76. The van der Waals surface area contributed by atoms with Crippen molar-refractivity contribution in [3.05, 3.63) is 35.4 Å². The van der Waals surface area contributed by atoms with E-state index in [0.29, 0.717) is 18.5 Å². The minimum absolute atomic E-state index is 0.0621. The molecule has 20 heavy (non-hydrogen) atoms. The van der Waals surface area contributed by atoms with E-state index in [0.717, 1.165) is 6.42 Å². The molecular formula is C17H27NO2. The molecular weight excluding hydrogens is 250 g/mol. The molecule has 3 heteroatoms. The van der Waals surface area contributed by atoms with Gasteiger partial charge in [0.25, 0.3) is 5.91 Å². The molecule has 112 valence electrons. The minimum atomic E-state index is -0.0621. The number of rotatable bonds is 10. The molecule has 0 heterocycles. The minimum Gasteiger partial charge on any atom is -0.396 e. The molecule has 1 aromatic carbocycles. The van der Waals surface area contributed by atoms with E-state index < -0.39 is 0 Å². The van der Waals surface area contributed by atoms with Crippen molar-refractivity contribution in [3.8, 4) is 0 Å². The summed E-state index contributed by atoms with van der Waals surface area (Å²) in [5, 5.41) is 11.5. The van der Waals surface area contributed by atoms with Crippen molar-refractivity contribution < 1.29 is 9.90 Å². The summed E-state index contributed by atoms with van der Waals surface area (Å²) in [5.74, 6) is -0.0621. The third-order valence-corrected chi connectivity index (χ3v) is 3.41. The fourth-order valence-electron chi connectivity index (χ4n) is 2.14. The van der Waals surface area contributed by atoms with E-state index in [4.69, 9.17) is 5.11 Å². The second-order valence-electron chi connectivity index (χ2n) is 5.19. The Kier molecular flexibility index (Phi) is 8.72. The second kappa shape index (κ2) is 10.4. The lowest BCUT2D eigenvalue weighted by molar-refractivity contribution is 0.0951. The summed E-state index contributed by atoms with van der Waals surface area (Å²) in [6.07, 6.45) is 8.13. The molecule has 0 atom stereocenters. The van der Waals surface area contributed by atoms with E-state index >= 15 is 0 Å². The summed E-state index contributed by atoms with van der Waals surface area (Å²) in [7, 11) is 0. The number of amides is 1. The van der Waals surface area contributed by atoms with Crippen LogP contribution in [0.5, 0.6) is 0 Å². The van der Waals surface area contributed by atoms with Gasteiger partial charge >= 0.3 is 0 Å². The van der Waals surface area contributed by atoms with E-state index in [9.17, 15) is 4.79 Å². The van der Waals surface area contributed by atoms with E-state index in [-0.39, 0.29) is 12.5 Å². The fourth-order valence-corrected chi connectivity index (χ4v) is 2.14. The van der Waals surface area contributed by atoms with Crippen molar-refractivity contribution in [2.24, 2.45) is 0 Å². The summed E-state index contributed by atoms with van der Waals surface area (Å²) < 4.78 is 0. The van der Waals surface area contributed by atoms with Crippen molar-refractivity contribution in [1.29, 1.82) is 0 Å². The fraction of sp³-hybridized carbons (Fsp3) is 0.588. The van der Waals surface area contributed by atoms with Crippen LogP contribution in [0.15, 0.2) is 24.3 Å². The average molecular weight is 277 g/mol. The number of carbonyl (C=O) groups excluding carboxylic acids is 1. The largest absolute Gasteiger partial charge is 0.396 e. The summed E-state index contributed by atoms with van der Waals surface area (Å²) in [5.41, 5.74) is 1.99. The van der Waals surface area contributed by atoms with Gasteiger partial charge in [-0.05, 0) is 37.0 Å². The molecule has 0 saturated carbocycles. The molecule has 0 aliphatic heterocycles. The Morgan fingerprint density at radius 1 is 1.05 bits per heavy atom.